The summed E-state index contributed by atoms with van der Waals surface area (Å²) in [5.41, 5.74) is 1.32. The van der Waals surface area contributed by atoms with Gasteiger partial charge < -0.3 is 5.32 Å². The van der Waals surface area contributed by atoms with E-state index in [0.29, 0.717) is 0 Å². The van der Waals surface area contributed by atoms with E-state index in [0.717, 1.165) is 11.7 Å². The molecule has 2 heteroatoms. The van der Waals surface area contributed by atoms with Crippen molar-refractivity contribution in [1.29, 1.82) is 0 Å². The molecule has 0 aliphatic heterocycles. The molecule has 0 aromatic carbocycles. The molecule has 0 radical (unpaired) electrons. The van der Waals surface area contributed by atoms with Crippen molar-refractivity contribution in [3.63, 3.8) is 0 Å². The first-order valence-corrected chi connectivity index (χ1v) is 8.47. The van der Waals surface area contributed by atoms with Crippen molar-refractivity contribution < 1.29 is 0 Å². The Balaban J connectivity index is 3.62. The van der Waals surface area contributed by atoms with Gasteiger partial charge in [-0.3, -0.25) is 0 Å². The summed E-state index contributed by atoms with van der Waals surface area (Å²) in [6, 6.07) is 0. The third kappa shape index (κ3) is 10.8. The molecule has 0 amide bonds. The van der Waals surface area contributed by atoms with Crippen LogP contribution in [-0.2, 0) is 0 Å². The molecular weight excluding hydrogens is 238 g/mol. The summed E-state index contributed by atoms with van der Waals surface area (Å²) in [6.45, 7) is 6.71. The van der Waals surface area contributed by atoms with Gasteiger partial charge in [0.05, 0.1) is 0 Å². The van der Waals surface area contributed by atoms with Crippen LogP contribution in [0.3, 0.4) is 0 Å². The quantitative estimate of drug-likeness (QED) is 0.418. The molecule has 106 valence electrons. The second kappa shape index (κ2) is 13.1. The monoisotopic (exact) mass is 269 g/mol. The molecule has 0 rings (SSSR count). The standard InChI is InChI=1S/C16H31NS/c1-5-7-9-10-11-15(3)13-18-14-16(17-4)12-8-6-2/h6,8,12,15,17H,5,7,9-11,13-14H2,1-4H3/b8-6-,16-12-. The molecule has 1 nitrogen and oxygen atoms in total. The Bertz CT molecular complexity index is 233. The van der Waals surface area contributed by atoms with Crippen LogP contribution in [0.5, 0.6) is 0 Å². The predicted molar refractivity (Wildman–Crippen MR) is 87.2 cm³/mol. The van der Waals surface area contributed by atoms with Crippen LogP contribution in [0.1, 0.15) is 52.9 Å². The highest BCUT2D eigenvalue weighted by Gasteiger charge is 2.03. The highest BCUT2D eigenvalue weighted by molar-refractivity contribution is 7.99. The summed E-state index contributed by atoms with van der Waals surface area (Å²) < 4.78 is 0. The Morgan fingerprint density at radius 2 is 2.06 bits per heavy atom. The first-order chi connectivity index (χ1) is 8.74. The van der Waals surface area contributed by atoms with E-state index in [4.69, 9.17) is 0 Å². The molecule has 0 aromatic heterocycles. The normalized spacial score (nSPS) is 14.1. The van der Waals surface area contributed by atoms with Crippen LogP contribution >= 0.6 is 11.8 Å². The predicted octanol–water partition coefficient (Wildman–Crippen LogP) is 5.01. The van der Waals surface area contributed by atoms with Crippen molar-refractivity contribution in [2.75, 3.05) is 18.6 Å². The van der Waals surface area contributed by atoms with E-state index in [1.807, 2.05) is 18.8 Å². The lowest BCUT2D eigenvalue weighted by Gasteiger charge is -2.12. The number of unbranched alkanes of at least 4 members (excludes halogenated alkanes) is 3. The summed E-state index contributed by atoms with van der Waals surface area (Å²) >= 11 is 2.04. The van der Waals surface area contributed by atoms with Crippen LogP contribution in [-0.4, -0.2) is 18.6 Å². The smallest absolute Gasteiger partial charge is 0.0332 e. The zero-order valence-electron chi connectivity index (χ0n) is 12.7. The van der Waals surface area contributed by atoms with Crippen LogP contribution in [0.25, 0.3) is 0 Å². The summed E-state index contributed by atoms with van der Waals surface area (Å²) in [7, 11) is 2.00. The van der Waals surface area contributed by atoms with Crippen LogP contribution in [0.4, 0.5) is 0 Å². The first kappa shape index (κ1) is 17.6. The van der Waals surface area contributed by atoms with Gasteiger partial charge in [-0.2, -0.15) is 11.8 Å². The SMILES string of the molecule is C/C=C\C=C(\CSCC(C)CCCCCC)NC. The van der Waals surface area contributed by atoms with Gasteiger partial charge in [0, 0.05) is 18.5 Å². The lowest BCUT2D eigenvalue weighted by Crippen LogP contribution is -2.09. The summed E-state index contributed by atoms with van der Waals surface area (Å²) in [5.74, 6) is 3.23. The molecule has 0 saturated carbocycles. The maximum Gasteiger partial charge on any atom is 0.0332 e. The van der Waals surface area contributed by atoms with E-state index in [1.165, 1.54) is 43.6 Å². The fraction of sp³-hybridized carbons (Fsp3) is 0.750. The molecule has 0 fully saturated rings. The summed E-state index contributed by atoms with van der Waals surface area (Å²) in [5, 5.41) is 3.26. The molecule has 0 aliphatic carbocycles. The number of allylic oxidation sites excluding steroid dienone is 3. The summed E-state index contributed by atoms with van der Waals surface area (Å²) in [4.78, 5) is 0. The number of nitrogens with one attached hydrogen (secondary N) is 1. The molecule has 1 atom stereocenters. The van der Waals surface area contributed by atoms with Crippen LogP contribution in [0.15, 0.2) is 23.9 Å². The van der Waals surface area contributed by atoms with Crippen molar-refractivity contribution in [2.24, 2.45) is 5.92 Å². The van der Waals surface area contributed by atoms with Crippen LogP contribution in [0, 0.1) is 5.92 Å². The Morgan fingerprint density at radius 3 is 2.67 bits per heavy atom. The Labute approximate surface area is 119 Å². The van der Waals surface area contributed by atoms with E-state index in [9.17, 15) is 0 Å². The Morgan fingerprint density at radius 1 is 1.28 bits per heavy atom. The number of thioether (sulfide) groups is 1. The number of rotatable bonds is 11. The van der Waals surface area contributed by atoms with Gasteiger partial charge in [-0.05, 0) is 31.1 Å². The van der Waals surface area contributed by atoms with E-state index in [-0.39, 0.29) is 0 Å². The van der Waals surface area contributed by atoms with Crippen LogP contribution in [0.2, 0.25) is 0 Å². The fourth-order valence-electron chi connectivity index (χ4n) is 1.79. The average Bonchev–Trinajstić information content (AvgIpc) is 2.38. The van der Waals surface area contributed by atoms with Crippen molar-refractivity contribution >= 4 is 11.8 Å². The van der Waals surface area contributed by atoms with E-state index in [1.54, 1.807) is 0 Å². The Kier molecular flexibility index (Phi) is 12.8. The van der Waals surface area contributed by atoms with Gasteiger partial charge in [0.15, 0.2) is 0 Å². The molecule has 1 unspecified atom stereocenters. The molecule has 0 saturated heterocycles. The molecule has 1 N–H and O–H groups in total. The minimum Gasteiger partial charge on any atom is -0.391 e. The number of hydrogen-bond donors (Lipinski definition) is 1. The van der Waals surface area contributed by atoms with Gasteiger partial charge >= 0.3 is 0 Å². The van der Waals surface area contributed by atoms with Crippen LogP contribution < -0.4 is 5.32 Å². The molecular formula is C16H31NS. The maximum absolute atomic E-state index is 3.26. The lowest BCUT2D eigenvalue weighted by atomic mass is 10.0. The van der Waals surface area contributed by atoms with Gasteiger partial charge in [0.25, 0.3) is 0 Å². The van der Waals surface area contributed by atoms with Gasteiger partial charge in [-0.1, -0.05) is 51.7 Å². The molecule has 0 aliphatic rings. The second-order valence-corrected chi connectivity index (χ2v) is 5.97. The van der Waals surface area contributed by atoms with E-state index < -0.39 is 0 Å². The van der Waals surface area contributed by atoms with Crippen molar-refractivity contribution in [2.45, 2.75) is 52.9 Å². The number of hydrogen-bond acceptors (Lipinski definition) is 2. The van der Waals surface area contributed by atoms with E-state index >= 15 is 0 Å². The minimum absolute atomic E-state index is 0.853. The highest BCUT2D eigenvalue weighted by atomic mass is 32.2. The first-order valence-electron chi connectivity index (χ1n) is 7.31. The van der Waals surface area contributed by atoms with Crippen molar-refractivity contribution in [3.05, 3.63) is 23.9 Å². The zero-order chi connectivity index (χ0) is 13.6. The van der Waals surface area contributed by atoms with Gasteiger partial charge in [-0.25, -0.2) is 0 Å². The fourth-order valence-corrected chi connectivity index (χ4v) is 2.94. The van der Waals surface area contributed by atoms with Gasteiger partial charge in [0.2, 0.25) is 0 Å². The van der Waals surface area contributed by atoms with Crippen molar-refractivity contribution in [3.8, 4) is 0 Å². The second-order valence-electron chi connectivity index (χ2n) is 4.94. The molecule has 0 spiro atoms. The molecule has 0 aromatic rings. The van der Waals surface area contributed by atoms with Crippen molar-refractivity contribution in [1.82, 2.24) is 5.32 Å². The summed E-state index contributed by atoms with van der Waals surface area (Å²) in [6.07, 6.45) is 13.3. The maximum atomic E-state index is 3.26. The topological polar surface area (TPSA) is 12.0 Å². The lowest BCUT2D eigenvalue weighted by molar-refractivity contribution is 0.531. The molecule has 0 bridgehead atoms. The van der Waals surface area contributed by atoms with E-state index in [2.05, 4.69) is 44.3 Å². The average molecular weight is 269 g/mol. The van der Waals surface area contributed by atoms with Gasteiger partial charge in [0.1, 0.15) is 0 Å². The van der Waals surface area contributed by atoms with Gasteiger partial charge in [-0.15, -0.1) is 0 Å². The Hall–Kier alpha value is -0.370. The third-order valence-corrected chi connectivity index (χ3v) is 4.34. The largest absolute Gasteiger partial charge is 0.391 e. The molecule has 18 heavy (non-hydrogen) atoms. The minimum atomic E-state index is 0.853. The highest BCUT2D eigenvalue weighted by Crippen LogP contribution is 2.17. The zero-order valence-corrected chi connectivity index (χ0v) is 13.5. The third-order valence-electron chi connectivity index (χ3n) is 3.02. The molecule has 0 heterocycles.